The van der Waals surface area contributed by atoms with Gasteiger partial charge in [-0.1, -0.05) is 130 Å². The van der Waals surface area contributed by atoms with Crippen LogP contribution in [0.4, 0.5) is 0 Å². The predicted octanol–water partition coefficient (Wildman–Crippen LogP) is 8.81. The van der Waals surface area contributed by atoms with Crippen LogP contribution in [-0.4, -0.2) is 25.6 Å². The van der Waals surface area contributed by atoms with Crippen molar-refractivity contribution in [1.82, 2.24) is 10.6 Å². The van der Waals surface area contributed by atoms with Gasteiger partial charge in [0.25, 0.3) is 0 Å². The van der Waals surface area contributed by atoms with Crippen molar-refractivity contribution in [2.45, 2.75) is 149 Å². The quantitative estimate of drug-likeness (QED) is 0.0908. The van der Waals surface area contributed by atoms with Gasteiger partial charge < -0.3 is 10.6 Å². The van der Waals surface area contributed by atoms with Gasteiger partial charge in [-0.3, -0.25) is 4.99 Å². The Morgan fingerprint density at radius 2 is 0.774 bits per heavy atom. The van der Waals surface area contributed by atoms with Gasteiger partial charge in [0.15, 0.2) is 5.96 Å². The molecule has 0 heterocycles. The minimum Gasteiger partial charge on any atom is -0.356 e. The molecule has 0 spiro atoms. The zero-order valence-electron chi connectivity index (χ0n) is 21.6. The number of nitrogens with zero attached hydrogens (tertiary/aromatic N) is 1. The zero-order chi connectivity index (χ0) is 22.0. The van der Waals surface area contributed by atoms with Gasteiger partial charge in [0.2, 0.25) is 0 Å². The van der Waals surface area contributed by atoms with E-state index >= 15 is 0 Å². The highest BCUT2D eigenvalue weighted by molar-refractivity contribution is 5.85. The zero-order valence-corrected chi connectivity index (χ0v) is 22.4. The molecular weight excluding hydrogens is 402 g/mol. The summed E-state index contributed by atoms with van der Waals surface area (Å²) in [6, 6.07) is 0. The normalized spacial score (nSPS) is 10.5. The maximum Gasteiger partial charge on any atom is 0.191 e. The standard InChI is InChI=1S/C27H57N3.ClH/c1-4-7-10-11-12-13-14-15-16-17-18-19-20-21-22-23-26-30-27(28-24-8-5-2)29-25-9-6-3;/h4-26H2,1-3H3,(H2,28,29,30);1H. The van der Waals surface area contributed by atoms with Gasteiger partial charge in [-0.25, -0.2) is 0 Å². The van der Waals surface area contributed by atoms with E-state index in [4.69, 9.17) is 4.99 Å². The Labute approximate surface area is 202 Å². The number of nitrogens with one attached hydrogen (secondary N) is 2. The summed E-state index contributed by atoms with van der Waals surface area (Å²) in [5.74, 6) is 1.03. The minimum atomic E-state index is 0. The van der Waals surface area contributed by atoms with E-state index in [9.17, 15) is 0 Å². The molecule has 3 nitrogen and oxygen atoms in total. The summed E-state index contributed by atoms with van der Waals surface area (Å²) in [5.41, 5.74) is 0. The summed E-state index contributed by atoms with van der Waals surface area (Å²) in [5, 5.41) is 6.95. The molecule has 31 heavy (non-hydrogen) atoms. The molecule has 0 bridgehead atoms. The summed E-state index contributed by atoms with van der Waals surface area (Å²) in [4.78, 5) is 4.77. The first-order chi connectivity index (χ1) is 14.8. The molecule has 0 saturated heterocycles. The highest BCUT2D eigenvalue weighted by atomic mass is 35.5. The third kappa shape index (κ3) is 27.5. The topological polar surface area (TPSA) is 36.4 Å². The van der Waals surface area contributed by atoms with E-state index in [0.29, 0.717) is 0 Å². The smallest absolute Gasteiger partial charge is 0.191 e. The van der Waals surface area contributed by atoms with Gasteiger partial charge in [-0.2, -0.15) is 0 Å². The molecule has 2 N–H and O–H groups in total. The molecule has 0 unspecified atom stereocenters. The van der Waals surface area contributed by atoms with Crippen molar-refractivity contribution in [3.63, 3.8) is 0 Å². The van der Waals surface area contributed by atoms with E-state index < -0.39 is 0 Å². The third-order valence-electron chi connectivity index (χ3n) is 5.93. The average molecular weight is 460 g/mol. The predicted molar refractivity (Wildman–Crippen MR) is 145 cm³/mol. The van der Waals surface area contributed by atoms with Crippen molar-refractivity contribution < 1.29 is 0 Å². The lowest BCUT2D eigenvalue weighted by molar-refractivity contribution is 0.530. The maximum atomic E-state index is 4.77. The molecule has 0 aliphatic rings. The largest absolute Gasteiger partial charge is 0.356 e. The lowest BCUT2D eigenvalue weighted by atomic mass is 10.0. The second-order valence-electron chi connectivity index (χ2n) is 9.09. The number of unbranched alkanes of at least 4 members (excludes halogenated alkanes) is 17. The molecule has 0 fully saturated rings. The summed E-state index contributed by atoms with van der Waals surface area (Å²) in [6.07, 6.45) is 27.6. The molecule has 0 rings (SSSR count). The number of hydrogen-bond acceptors (Lipinski definition) is 1. The van der Waals surface area contributed by atoms with Crippen molar-refractivity contribution in [3.05, 3.63) is 0 Å². The van der Waals surface area contributed by atoms with Crippen LogP contribution in [-0.2, 0) is 0 Å². The van der Waals surface area contributed by atoms with Crippen molar-refractivity contribution in [3.8, 4) is 0 Å². The third-order valence-corrected chi connectivity index (χ3v) is 5.93. The fraction of sp³-hybridized carbons (Fsp3) is 0.963. The Bertz CT molecular complexity index is 335. The number of halogens is 1. The van der Waals surface area contributed by atoms with Crippen molar-refractivity contribution in [2.24, 2.45) is 4.99 Å². The van der Waals surface area contributed by atoms with E-state index in [1.807, 2.05) is 0 Å². The van der Waals surface area contributed by atoms with Crippen LogP contribution >= 0.6 is 12.4 Å². The Kier molecular flexibility index (Phi) is 31.2. The molecule has 0 aromatic rings. The first kappa shape index (κ1) is 32.7. The lowest BCUT2D eigenvalue weighted by Crippen LogP contribution is -2.38. The molecular formula is C27H58ClN3. The van der Waals surface area contributed by atoms with Gasteiger partial charge in [0.05, 0.1) is 0 Å². The van der Waals surface area contributed by atoms with E-state index in [1.54, 1.807) is 0 Å². The van der Waals surface area contributed by atoms with E-state index in [1.165, 1.54) is 128 Å². The molecule has 0 aromatic carbocycles. The summed E-state index contributed by atoms with van der Waals surface area (Å²) in [7, 11) is 0. The molecule has 0 aliphatic heterocycles. The Hall–Kier alpha value is -0.440. The first-order valence-corrected chi connectivity index (χ1v) is 13.9. The summed E-state index contributed by atoms with van der Waals surface area (Å²) in [6.45, 7) is 9.80. The summed E-state index contributed by atoms with van der Waals surface area (Å²) < 4.78 is 0. The molecule has 0 atom stereocenters. The molecule has 0 aliphatic carbocycles. The highest BCUT2D eigenvalue weighted by Gasteiger charge is 1.98. The Balaban J connectivity index is 0. The van der Waals surface area contributed by atoms with Crippen molar-refractivity contribution in [2.75, 3.05) is 19.6 Å². The number of guanidine groups is 1. The van der Waals surface area contributed by atoms with Crippen LogP contribution < -0.4 is 10.6 Å². The van der Waals surface area contributed by atoms with Gasteiger partial charge in [-0.05, 0) is 19.3 Å². The molecule has 0 saturated carbocycles. The van der Waals surface area contributed by atoms with Crippen LogP contribution in [0.25, 0.3) is 0 Å². The van der Waals surface area contributed by atoms with E-state index in [0.717, 1.165) is 25.6 Å². The van der Waals surface area contributed by atoms with Gasteiger partial charge >= 0.3 is 0 Å². The van der Waals surface area contributed by atoms with Crippen molar-refractivity contribution >= 4 is 18.4 Å². The fourth-order valence-electron chi connectivity index (χ4n) is 3.79. The van der Waals surface area contributed by atoms with Gasteiger partial charge in [0.1, 0.15) is 0 Å². The van der Waals surface area contributed by atoms with Crippen LogP contribution in [0.5, 0.6) is 0 Å². The second kappa shape index (κ2) is 29.6. The molecule has 0 aromatic heterocycles. The monoisotopic (exact) mass is 459 g/mol. The van der Waals surface area contributed by atoms with Gasteiger partial charge in [-0.15, -0.1) is 12.4 Å². The number of hydrogen-bond donors (Lipinski definition) is 2. The number of rotatable bonds is 23. The van der Waals surface area contributed by atoms with E-state index in [-0.39, 0.29) is 12.4 Å². The van der Waals surface area contributed by atoms with E-state index in [2.05, 4.69) is 31.4 Å². The lowest BCUT2D eigenvalue weighted by Gasteiger charge is -2.12. The van der Waals surface area contributed by atoms with Crippen molar-refractivity contribution in [1.29, 1.82) is 0 Å². The van der Waals surface area contributed by atoms with Crippen LogP contribution in [0.2, 0.25) is 0 Å². The average Bonchev–Trinajstić information content (AvgIpc) is 2.75. The molecule has 0 radical (unpaired) electrons. The second-order valence-corrected chi connectivity index (χ2v) is 9.09. The van der Waals surface area contributed by atoms with Crippen LogP contribution in [0.1, 0.15) is 149 Å². The maximum absolute atomic E-state index is 4.77. The van der Waals surface area contributed by atoms with Crippen LogP contribution in [0.3, 0.4) is 0 Å². The van der Waals surface area contributed by atoms with Gasteiger partial charge in [0, 0.05) is 19.6 Å². The number of aliphatic imine (C=N–C) groups is 1. The SMILES string of the molecule is CCCCCCCCCCCCCCCCCCN=C(NCCCC)NCCCC.Cl. The first-order valence-electron chi connectivity index (χ1n) is 13.9. The summed E-state index contributed by atoms with van der Waals surface area (Å²) >= 11 is 0. The van der Waals surface area contributed by atoms with Crippen LogP contribution in [0, 0.1) is 0 Å². The Morgan fingerprint density at radius 1 is 0.452 bits per heavy atom. The molecule has 188 valence electrons. The minimum absolute atomic E-state index is 0. The molecule has 4 heteroatoms. The highest BCUT2D eigenvalue weighted by Crippen LogP contribution is 2.13. The van der Waals surface area contributed by atoms with Crippen LogP contribution in [0.15, 0.2) is 4.99 Å². The molecule has 0 amide bonds. The fourth-order valence-corrected chi connectivity index (χ4v) is 3.79. The Morgan fingerprint density at radius 3 is 1.13 bits per heavy atom.